The van der Waals surface area contributed by atoms with Crippen molar-refractivity contribution in [1.29, 1.82) is 0 Å². The Morgan fingerprint density at radius 2 is 2.19 bits per heavy atom. The molecule has 1 atom stereocenters. The van der Waals surface area contributed by atoms with Gasteiger partial charge in [0.2, 0.25) is 10.0 Å². The molecule has 0 aliphatic carbocycles. The first-order chi connectivity index (χ1) is 7.49. The van der Waals surface area contributed by atoms with E-state index in [0.717, 1.165) is 4.90 Å². The number of anilines is 1. The van der Waals surface area contributed by atoms with Gasteiger partial charge in [-0.1, -0.05) is 6.07 Å². The lowest BCUT2D eigenvalue weighted by atomic mass is 10.3. The van der Waals surface area contributed by atoms with Crippen LogP contribution in [0.1, 0.15) is 6.92 Å². The fourth-order valence-corrected chi connectivity index (χ4v) is 2.45. The van der Waals surface area contributed by atoms with Gasteiger partial charge in [-0.25, -0.2) is 8.42 Å². The fourth-order valence-electron chi connectivity index (χ4n) is 1.08. The van der Waals surface area contributed by atoms with Crippen molar-refractivity contribution >= 4 is 27.5 Å². The molecule has 4 nitrogen and oxygen atoms in total. The van der Waals surface area contributed by atoms with Gasteiger partial charge in [0.05, 0.1) is 5.25 Å². The zero-order valence-electron chi connectivity index (χ0n) is 9.30. The average molecular weight is 260 g/mol. The summed E-state index contributed by atoms with van der Waals surface area (Å²) in [5.41, 5.74) is 5.92. The molecule has 0 aromatic heterocycles. The van der Waals surface area contributed by atoms with Crippen LogP contribution in [0.3, 0.4) is 0 Å². The number of hydrogen-bond donors (Lipinski definition) is 2. The van der Waals surface area contributed by atoms with E-state index in [1.807, 2.05) is 18.4 Å². The maximum Gasteiger partial charge on any atom is 0.236 e. The van der Waals surface area contributed by atoms with Gasteiger partial charge < -0.3 is 5.73 Å². The molecule has 0 bridgehead atoms. The van der Waals surface area contributed by atoms with Crippen molar-refractivity contribution in [3.8, 4) is 0 Å². The molecule has 0 heterocycles. The molecular formula is C10H16N2O2S2. The first kappa shape index (κ1) is 13.3. The summed E-state index contributed by atoms with van der Waals surface area (Å²) in [7, 11) is -3.37. The lowest BCUT2D eigenvalue weighted by Gasteiger charge is -2.13. The number of benzene rings is 1. The lowest BCUT2D eigenvalue weighted by Crippen LogP contribution is -2.31. The first-order valence-electron chi connectivity index (χ1n) is 4.85. The molecule has 1 aromatic carbocycles. The van der Waals surface area contributed by atoms with Gasteiger partial charge >= 0.3 is 0 Å². The van der Waals surface area contributed by atoms with Crippen LogP contribution in [-0.4, -0.2) is 26.5 Å². The van der Waals surface area contributed by atoms with Crippen molar-refractivity contribution in [3.63, 3.8) is 0 Å². The summed E-state index contributed by atoms with van der Waals surface area (Å²) >= 11 is 1.56. The molecular weight excluding hydrogens is 244 g/mol. The summed E-state index contributed by atoms with van der Waals surface area (Å²) in [5, 5.41) is -0.592. The number of nitrogens with two attached hydrogens (primary N) is 1. The minimum Gasteiger partial charge on any atom is -0.329 e. The fraction of sp³-hybridized carbons (Fsp3) is 0.400. The van der Waals surface area contributed by atoms with Crippen molar-refractivity contribution in [3.05, 3.63) is 24.3 Å². The van der Waals surface area contributed by atoms with Crippen molar-refractivity contribution in [1.82, 2.24) is 0 Å². The van der Waals surface area contributed by atoms with Gasteiger partial charge in [0.1, 0.15) is 0 Å². The third kappa shape index (κ3) is 3.40. The molecule has 3 N–H and O–H groups in total. The number of nitrogens with one attached hydrogen (secondary N) is 1. The number of rotatable bonds is 5. The van der Waals surface area contributed by atoms with E-state index in [-0.39, 0.29) is 6.54 Å². The summed E-state index contributed by atoms with van der Waals surface area (Å²) in [6.45, 7) is 1.69. The molecule has 0 saturated carbocycles. The number of sulfonamides is 1. The summed E-state index contributed by atoms with van der Waals surface area (Å²) in [6.07, 6.45) is 1.94. The van der Waals surface area contributed by atoms with Crippen LogP contribution in [-0.2, 0) is 10.0 Å². The van der Waals surface area contributed by atoms with Crippen molar-refractivity contribution in [2.24, 2.45) is 5.73 Å². The highest BCUT2D eigenvalue weighted by Crippen LogP contribution is 2.20. The van der Waals surface area contributed by atoms with E-state index in [9.17, 15) is 8.42 Å². The van der Waals surface area contributed by atoms with Gasteiger partial charge in [0.15, 0.2) is 0 Å². The Bertz CT molecular complexity index is 446. The Balaban J connectivity index is 2.88. The highest BCUT2D eigenvalue weighted by molar-refractivity contribution is 7.98. The maximum absolute atomic E-state index is 11.7. The Morgan fingerprint density at radius 1 is 1.50 bits per heavy atom. The zero-order chi connectivity index (χ0) is 12.2. The molecule has 0 radical (unpaired) electrons. The third-order valence-electron chi connectivity index (χ3n) is 2.19. The van der Waals surface area contributed by atoms with E-state index in [0.29, 0.717) is 5.69 Å². The van der Waals surface area contributed by atoms with Crippen LogP contribution < -0.4 is 10.5 Å². The minimum absolute atomic E-state index is 0.109. The van der Waals surface area contributed by atoms with Crippen LogP contribution >= 0.6 is 11.8 Å². The third-order valence-corrected chi connectivity index (χ3v) is 4.69. The van der Waals surface area contributed by atoms with Crippen molar-refractivity contribution < 1.29 is 8.42 Å². The number of thioether (sulfide) groups is 1. The lowest BCUT2D eigenvalue weighted by molar-refractivity contribution is 0.589. The summed E-state index contributed by atoms with van der Waals surface area (Å²) in [5.74, 6) is 0. The van der Waals surface area contributed by atoms with E-state index < -0.39 is 15.3 Å². The second kappa shape index (κ2) is 5.56. The molecule has 16 heavy (non-hydrogen) atoms. The van der Waals surface area contributed by atoms with Crippen LogP contribution in [0.5, 0.6) is 0 Å². The topological polar surface area (TPSA) is 72.2 Å². The molecule has 90 valence electrons. The molecule has 1 rings (SSSR count). The smallest absolute Gasteiger partial charge is 0.236 e. The monoisotopic (exact) mass is 260 g/mol. The SMILES string of the molecule is CSc1cccc(NS(=O)(=O)C(C)CN)c1. The Hall–Kier alpha value is -0.720. The molecule has 0 saturated heterocycles. The average Bonchev–Trinajstić information content (AvgIpc) is 2.27. The van der Waals surface area contributed by atoms with Gasteiger partial charge in [-0.15, -0.1) is 11.8 Å². The predicted octanol–water partition coefficient (Wildman–Crippen LogP) is 1.50. The molecule has 1 unspecified atom stereocenters. The van der Waals surface area contributed by atoms with E-state index in [1.165, 1.54) is 0 Å². The molecule has 0 fully saturated rings. The van der Waals surface area contributed by atoms with E-state index in [4.69, 9.17) is 5.73 Å². The zero-order valence-corrected chi connectivity index (χ0v) is 10.9. The van der Waals surface area contributed by atoms with Crippen LogP contribution in [0.4, 0.5) is 5.69 Å². The van der Waals surface area contributed by atoms with Gasteiger partial charge in [-0.05, 0) is 31.4 Å². The quantitative estimate of drug-likeness (QED) is 0.787. The molecule has 1 aromatic rings. The standard InChI is InChI=1S/C10H16N2O2S2/c1-8(7-11)16(13,14)12-9-4-3-5-10(6-9)15-2/h3-6,8,12H,7,11H2,1-2H3. The van der Waals surface area contributed by atoms with E-state index in [1.54, 1.807) is 30.8 Å². The van der Waals surface area contributed by atoms with Gasteiger partial charge in [-0.2, -0.15) is 0 Å². The number of hydrogen-bond acceptors (Lipinski definition) is 4. The van der Waals surface area contributed by atoms with Crippen LogP contribution in [0.2, 0.25) is 0 Å². The van der Waals surface area contributed by atoms with E-state index in [2.05, 4.69) is 4.72 Å². The van der Waals surface area contributed by atoms with Gasteiger partial charge in [0, 0.05) is 17.1 Å². The second-order valence-electron chi connectivity index (χ2n) is 3.43. The predicted molar refractivity (Wildman–Crippen MR) is 69.3 cm³/mol. The molecule has 0 amide bonds. The normalized spacial score (nSPS) is 13.4. The van der Waals surface area contributed by atoms with Crippen LogP contribution in [0, 0.1) is 0 Å². The van der Waals surface area contributed by atoms with Gasteiger partial charge in [-0.3, -0.25) is 4.72 Å². The van der Waals surface area contributed by atoms with Crippen molar-refractivity contribution in [2.75, 3.05) is 17.5 Å². The Labute approximate surface area is 101 Å². The summed E-state index contributed by atoms with van der Waals surface area (Å²) in [6, 6.07) is 7.26. The van der Waals surface area contributed by atoms with Crippen LogP contribution in [0.15, 0.2) is 29.2 Å². The van der Waals surface area contributed by atoms with Crippen molar-refractivity contribution in [2.45, 2.75) is 17.1 Å². The Morgan fingerprint density at radius 3 is 2.75 bits per heavy atom. The largest absolute Gasteiger partial charge is 0.329 e. The highest BCUT2D eigenvalue weighted by Gasteiger charge is 2.18. The molecule has 0 spiro atoms. The second-order valence-corrected chi connectivity index (χ2v) is 6.40. The maximum atomic E-state index is 11.7. The Kier molecular flexibility index (Phi) is 4.64. The minimum atomic E-state index is -3.37. The molecule has 6 heteroatoms. The molecule has 0 aliphatic rings. The summed E-state index contributed by atoms with van der Waals surface area (Å²) in [4.78, 5) is 1.01. The molecule has 0 aliphatic heterocycles. The summed E-state index contributed by atoms with van der Waals surface area (Å²) < 4.78 is 26.0. The first-order valence-corrected chi connectivity index (χ1v) is 7.62. The van der Waals surface area contributed by atoms with Crippen LogP contribution in [0.25, 0.3) is 0 Å². The highest BCUT2D eigenvalue weighted by atomic mass is 32.2. The van der Waals surface area contributed by atoms with E-state index >= 15 is 0 Å². The van der Waals surface area contributed by atoms with Gasteiger partial charge in [0.25, 0.3) is 0 Å².